The van der Waals surface area contributed by atoms with Crippen LogP contribution in [0.1, 0.15) is 25.0 Å². The van der Waals surface area contributed by atoms with E-state index >= 15 is 0 Å². The van der Waals surface area contributed by atoms with E-state index < -0.39 is 0 Å². The molecule has 1 fully saturated rings. The Morgan fingerprint density at radius 2 is 2.14 bits per heavy atom. The standard InChI is InChI=1S/C16H15N5O/c1-9-10-5-2-3-7-12(10)18-15(17-9)21-16-19-13-8-4-6-11(13)14(22)20-16/h2-3,5,7,11H,4,6,8H2,1H3,(H,17,18,20,21,22). The number of nitrogens with one attached hydrogen (secondary N) is 1. The van der Waals surface area contributed by atoms with Gasteiger partial charge in [-0.2, -0.15) is 4.99 Å². The fraction of sp³-hybridized carbons (Fsp3) is 0.312. The summed E-state index contributed by atoms with van der Waals surface area (Å²) in [7, 11) is 0. The number of fused-ring (bicyclic) bond motifs is 2. The van der Waals surface area contributed by atoms with Crippen molar-refractivity contribution < 1.29 is 4.79 Å². The highest BCUT2D eigenvalue weighted by Crippen LogP contribution is 2.25. The third kappa shape index (κ3) is 2.16. The molecule has 0 radical (unpaired) electrons. The Bertz CT molecular complexity index is 840. The molecule has 110 valence electrons. The predicted octanol–water partition coefficient (Wildman–Crippen LogP) is 2.30. The summed E-state index contributed by atoms with van der Waals surface area (Å²) in [4.78, 5) is 29.6. The van der Waals surface area contributed by atoms with E-state index in [-0.39, 0.29) is 11.8 Å². The highest BCUT2D eigenvalue weighted by atomic mass is 16.2. The average molecular weight is 293 g/mol. The molecule has 1 unspecified atom stereocenters. The predicted molar refractivity (Wildman–Crippen MR) is 84.3 cm³/mol. The van der Waals surface area contributed by atoms with Gasteiger partial charge in [0.15, 0.2) is 0 Å². The molecule has 6 nitrogen and oxygen atoms in total. The second-order valence-electron chi connectivity index (χ2n) is 5.60. The lowest BCUT2D eigenvalue weighted by Gasteiger charge is -2.17. The zero-order valence-corrected chi connectivity index (χ0v) is 12.2. The fourth-order valence-electron chi connectivity index (χ4n) is 3.02. The number of aliphatic imine (C=N–C) groups is 2. The summed E-state index contributed by atoms with van der Waals surface area (Å²) in [6, 6.07) is 7.79. The van der Waals surface area contributed by atoms with Gasteiger partial charge in [0.25, 0.3) is 5.95 Å². The minimum atomic E-state index is -0.0711. The van der Waals surface area contributed by atoms with Crippen LogP contribution in [0.3, 0.4) is 0 Å². The Hall–Kier alpha value is -2.63. The molecule has 0 bridgehead atoms. The van der Waals surface area contributed by atoms with Crippen molar-refractivity contribution in [3.63, 3.8) is 0 Å². The topological polar surface area (TPSA) is 79.6 Å². The highest BCUT2D eigenvalue weighted by Gasteiger charge is 2.33. The number of aryl methyl sites for hydroxylation is 1. The molecule has 22 heavy (non-hydrogen) atoms. The van der Waals surface area contributed by atoms with E-state index in [2.05, 4.69) is 25.3 Å². The van der Waals surface area contributed by atoms with E-state index in [9.17, 15) is 4.79 Å². The molecule has 1 aromatic heterocycles. The molecule has 1 saturated carbocycles. The molecule has 0 spiro atoms. The van der Waals surface area contributed by atoms with Crippen LogP contribution in [-0.2, 0) is 4.79 Å². The van der Waals surface area contributed by atoms with Gasteiger partial charge in [-0.1, -0.05) is 18.2 Å². The minimum Gasteiger partial charge on any atom is -0.294 e. The highest BCUT2D eigenvalue weighted by molar-refractivity contribution is 6.18. The van der Waals surface area contributed by atoms with Crippen molar-refractivity contribution in [2.45, 2.75) is 26.2 Å². The van der Waals surface area contributed by atoms with E-state index in [1.54, 1.807) is 0 Å². The van der Waals surface area contributed by atoms with E-state index in [4.69, 9.17) is 0 Å². The Morgan fingerprint density at radius 3 is 3.05 bits per heavy atom. The number of aromatic nitrogens is 2. The lowest BCUT2D eigenvalue weighted by Crippen LogP contribution is -2.41. The molecule has 2 heterocycles. The second kappa shape index (κ2) is 4.98. The van der Waals surface area contributed by atoms with Crippen LogP contribution in [0, 0.1) is 12.8 Å². The monoisotopic (exact) mass is 293 g/mol. The van der Waals surface area contributed by atoms with Crippen molar-refractivity contribution in [3.8, 4) is 0 Å². The number of hydrogen-bond donors (Lipinski definition) is 1. The largest absolute Gasteiger partial charge is 0.294 e. The van der Waals surface area contributed by atoms with E-state index in [1.165, 1.54) is 0 Å². The molecular weight excluding hydrogens is 278 g/mol. The van der Waals surface area contributed by atoms with Crippen LogP contribution in [0.4, 0.5) is 5.95 Å². The molecule has 1 aromatic carbocycles. The molecule has 1 aliphatic heterocycles. The number of carbonyl (C=O) groups is 1. The first-order valence-corrected chi connectivity index (χ1v) is 7.41. The van der Waals surface area contributed by atoms with E-state index in [0.717, 1.165) is 41.6 Å². The summed E-state index contributed by atoms with van der Waals surface area (Å²) < 4.78 is 0. The molecule has 1 atom stereocenters. The summed E-state index contributed by atoms with van der Waals surface area (Å²) >= 11 is 0. The molecule has 1 N–H and O–H groups in total. The molecule has 1 aliphatic carbocycles. The number of carbonyl (C=O) groups excluding carboxylic acids is 1. The minimum absolute atomic E-state index is 0.0150. The first kappa shape index (κ1) is 13.1. The van der Waals surface area contributed by atoms with Crippen molar-refractivity contribution in [1.82, 2.24) is 15.3 Å². The van der Waals surface area contributed by atoms with Gasteiger partial charge in [-0.25, -0.2) is 15.0 Å². The van der Waals surface area contributed by atoms with Gasteiger partial charge >= 0.3 is 0 Å². The van der Waals surface area contributed by atoms with Crippen molar-refractivity contribution >= 4 is 34.4 Å². The number of rotatable bonds is 1. The lowest BCUT2D eigenvalue weighted by atomic mass is 10.0. The number of benzene rings is 1. The summed E-state index contributed by atoms with van der Waals surface area (Å²) in [5.74, 6) is 0.539. The smallest absolute Gasteiger partial charge is 0.253 e. The quantitative estimate of drug-likeness (QED) is 0.876. The Kier molecular flexibility index (Phi) is 2.96. The van der Waals surface area contributed by atoms with E-state index in [0.29, 0.717) is 11.9 Å². The van der Waals surface area contributed by atoms with Gasteiger partial charge in [-0.05, 0) is 32.3 Å². The summed E-state index contributed by atoms with van der Waals surface area (Å²) in [6.07, 6.45) is 2.76. The Labute approximate surface area is 127 Å². The zero-order chi connectivity index (χ0) is 15.1. The maximum Gasteiger partial charge on any atom is 0.253 e. The van der Waals surface area contributed by atoms with Gasteiger partial charge in [0.2, 0.25) is 11.9 Å². The lowest BCUT2D eigenvalue weighted by molar-refractivity contribution is -0.121. The van der Waals surface area contributed by atoms with Crippen molar-refractivity contribution in [1.29, 1.82) is 0 Å². The van der Waals surface area contributed by atoms with Gasteiger partial charge in [0, 0.05) is 11.1 Å². The van der Waals surface area contributed by atoms with Gasteiger partial charge in [-0.15, -0.1) is 0 Å². The Morgan fingerprint density at radius 1 is 1.27 bits per heavy atom. The zero-order valence-electron chi connectivity index (χ0n) is 12.2. The van der Waals surface area contributed by atoms with Crippen molar-refractivity contribution in [2.75, 3.05) is 0 Å². The molecule has 1 amide bonds. The van der Waals surface area contributed by atoms with Crippen LogP contribution >= 0.6 is 0 Å². The van der Waals surface area contributed by atoms with Gasteiger partial charge in [0.05, 0.1) is 17.1 Å². The first-order valence-electron chi connectivity index (χ1n) is 7.41. The summed E-state index contributed by atoms with van der Waals surface area (Å²) in [6.45, 7) is 1.92. The number of guanidine groups is 1. The summed E-state index contributed by atoms with van der Waals surface area (Å²) in [5, 5.41) is 3.75. The first-order chi connectivity index (χ1) is 10.7. The van der Waals surface area contributed by atoms with Gasteiger partial charge in [-0.3, -0.25) is 10.1 Å². The van der Waals surface area contributed by atoms with Gasteiger partial charge in [0.1, 0.15) is 0 Å². The van der Waals surface area contributed by atoms with Crippen molar-refractivity contribution in [2.24, 2.45) is 15.9 Å². The Balaban J connectivity index is 1.76. The van der Waals surface area contributed by atoms with Crippen LogP contribution in [0.25, 0.3) is 10.9 Å². The van der Waals surface area contributed by atoms with Crippen LogP contribution in [0.5, 0.6) is 0 Å². The molecule has 2 aliphatic rings. The maximum atomic E-state index is 12.0. The normalized spacial score (nSPS) is 22.6. The fourth-order valence-corrected chi connectivity index (χ4v) is 3.02. The van der Waals surface area contributed by atoms with Crippen molar-refractivity contribution in [3.05, 3.63) is 30.0 Å². The third-order valence-corrected chi connectivity index (χ3v) is 4.12. The van der Waals surface area contributed by atoms with Gasteiger partial charge < -0.3 is 0 Å². The molecule has 6 heteroatoms. The third-order valence-electron chi connectivity index (χ3n) is 4.12. The molecule has 0 saturated heterocycles. The SMILES string of the molecule is Cc1nc(N=C2N=C3CCCC3C(=O)N2)nc2ccccc12. The number of nitrogens with zero attached hydrogens (tertiary/aromatic N) is 4. The second-order valence-corrected chi connectivity index (χ2v) is 5.60. The van der Waals surface area contributed by atoms with Crippen LogP contribution in [0.15, 0.2) is 34.3 Å². The van der Waals surface area contributed by atoms with Crippen LogP contribution in [0.2, 0.25) is 0 Å². The molecular formula is C16H15N5O. The van der Waals surface area contributed by atoms with Crippen LogP contribution < -0.4 is 5.32 Å². The van der Waals surface area contributed by atoms with E-state index in [1.807, 2.05) is 31.2 Å². The average Bonchev–Trinajstić information content (AvgIpc) is 2.96. The maximum absolute atomic E-state index is 12.0. The summed E-state index contributed by atoms with van der Waals surface area (Å²) in [5.41, 5.74) is 2.63. The molecule has 2 aromatic rings. The van der Waals surface area contributed by atoms with Crippen LogP contribution in [-0.4, -0.2) is 27.5 Å². The molecule has 4 rings (SSSR count). The number of hydrogen-bond acceptors (Lipinski definition) is 4. The number of para-hydroxylation sites is 1. The number of amides is 1.